The fourth-order valence-corrected chi connectivity index (χ4v) is 3.62. The summed E-state index contributed by atoms with van der Waals surface area (Å²) in [6.45, 7) is -0.726. The van der Waals surface area contributed by atoms with Crippen molar-refractivity contribution in [2.75, 3.05) is 13.7 Å². The van der Waals surface area contributed by atoms with Gasteiger partial charge in [-0.1, -0.05) is 0 Å². The zero-order chi connectivity index (χ0) is 24.7. The van der Waals surface area contributed by atoms with E-state index in [0.717, 1.165) is 12.1 Å². The van der Waals surface area contributed by atoms with Gasteiger partial charge in [-0.25, -0.2) is 0 Å². The summed E-state index contributed by atoms with van der Waals surface area (Å²) < 4.78 is 21.8. The summed E-state index contributed by atoms with van der Waals surface area (Å²) >= 11 is 0. The molecule has 2 heterocycles. The van der Waals surface area contributed by atoms with Crippen LogP contribution in [0.15, 0.2) is 39.5 Å². The van der Waals surface area contributed by atoms with Gasteiger partial charge in [0.25, 0.3) is 0 Å². The minimum atomic E-state index is -1.83. The molecule has 1 aromatic heterocycles. The highest BCUT2D eigenvalue weighted by Crippen LogP contribution is 2.39. The number of aliphatic hydroxyl groups is 4. The maximum absolute atomic E-state index is 13.4. The molecule has 182 valence electrons. The largest absolute Gasteiger partial charge is 0.507 e. The second-order valence-electron chi connectivity index (χ2n) is 7.63. The van der Waals surface area contributed by atoms with Crippen molar-refractivity contribution in [3.05, 3.63) is 40.6 Å². The Bertz CT molecular complexity index is 1270. The van der Waals surface area contributed by atoms with Crippen LogP contribution in [0.4, 0.5) is 0 Å². The van der Waals surface area contributed by atoms with E-state index in [1.807, 2.05) is 0 Å². The van der Waals surface area contributed by atoms with E-state index in [9.17, 15) is 40.5 Å². The molecule has 5 unspecified atom stereocenters. The molecule has 1 aliphatic rings. The minimum Gasteiger partial charge on any atom is -0.507 e. The van der Waals surface area contributed by atoms with E-state index in [-0.39, 0.29) is 28.0 Å². The molecule has 5 atom stereocenters. The molecule has 1 aliphatic heterocycles. The molecular formula is C22H22O12. The van der Waals surface area contributed by atoms with Crippen LogP contribution >= 0.6 is 0 Å². The van der Waals surface area contributed by atoms with Crippen LogP contribution in [-0.4, -0.2) is 80.2 Å². The molecular weight excluding hydrogens is 456 g/mol. The third kappa shape index (κ3) is 3.97. The lowest BCUT2D eigenvalue weighted by atomic mass is 9.99. The Hall–Kier alpha value is -3.55. The van der Waals surface area contributed by atoms with E-state index in [0.29, 0.717) is 0 Å². The number of phenols is 3. The van der Waals surface area contributed by atoms with Crippen LogP contribution in [0.25, 0.3) is 22.3 Å². The van der Waals surface area contributed by atoms with E-state index < -0.39 is 65.7 Å². The van der Waals surface area contributed by atoms with Crippen molar-refractivity contribution >= 4 is 11.0 Å². The lowest BCUT2D eigenvalue weighted by Gasteiger charge is -2.39. The van der Waals surface area contributed by atoms with Gasteiger partial charge in [0.15, 0.2) is 17.3 Å². The van der Waals surface area contributed by atoms with Crippen molar-refractivity contribution in [1.29, 1.82) is 0 Å². The number of benzene rings is 2. The normalized spacial score (nSPS) is 24.8. The number of ether oxygens (including phenoxy) is 3. The molecule has 34 heavy (non-hydrogen) atoms. The van der Waals surface area contributed by atoms with Crippen LogP contribution in [0.3, 0.4) is 0 Å². The number of fused-ring (bicyclic) bond motifs is 1. The summed E-state index contributed by atoms with van der Waals surface area (Å²) in [5, 5.41) is 69.5. The van der Waals surface area contributed by atoms with Crippen molar-refractivity contribution in [3.63, 3.8) is 0 Å². The first-order valence-corrected chi connectivity index (χ1v) is 10.0. The van der Waals surface area contributed by atoms with E-state index in [1.165, 1.54) is 25.3 Å². The molecule has 1 fully saturated rings. The van der Waals surface area contributed by atoms with Crippen LogP contribution in [0.2, 0.25) is 0 Å². The Morgan fingerprint density at radius 3 is 2.32 bits per heavy atom. The van der Waals surface area contributed by atoms with E-state index in [2.05, 4.69) is 0 Å². The maximum atomic E-state index is 13.4. The number of rotatable bonds is 5. The molecule has 0 radical (unpaired) electrons. The number of phenolic OH excluding ortho intramolecular Hbond substituents is 3. The fraction of sp³-hybridized carbons (Fsp3) is 0.318. The highest BCUT2D eigenvalue weighted by molar-refractivity contribution is 5.88. The predicted octanol–water partition coefficient (Wildman–Crippen LogP) is -0.236. The highest BCUT2D eigenvalue weighted by atomic mass is 16.7. The monoisotopic (exact) mass is 478 g/mol. The SMILES string of the molecule is COc1cc(O)c2c(=O)c(OC3OC(CO)C(O)C(O)C3O)c(-c3ccc(O)c(O)c3)oc2c1. The average molecular weight is 478 g/mol. The van der Waals surface area contributed by atoms with E-state index in [4.69, 9.17) is 18.6 Å². The van der Waals surface area contributed by atoms with Gasteiger partial charge < -0.3 is 54.4 Å². The van der Waals surface area contributed by atoms with Gasteiger partial charge in [-0.2, -0.15) is 0 Å². The smallest absolute Gasteiger partial charge is 0.239 e. The Morgan fingerprint density at radius 2 is 1.68 bits per heavy atom. The van der Waals surface area contributed by atoms with Gasteiger partial charge in [-0.3, -0.25) is 4.79 Å². The first-order valence-electron chi connectivity index (χ1n) is 10.0. The summed E-state index contributed by atoms with van der Waals surface area (Å²) in [6.07, 6.45) is -8.31. The Balaban J connectivity index is 1.92. The molecule has 1 saturated heterocycles. The predicted molar refractivity (Wildman–Crippen MR) is 114 cm³/mol. The lowest BCUT2D eigenvalue weighted by molar-refractivity contribution is -0.277. The summed E-state index contributed by atoms with van der Waals surface area (Å²) in [6, 6.07) is 6.02. The summed E-state index contributed by atoms with van der Waals surface area (Å²) in [7, 11) is 1.34. The van der Waals surface area contributed by atoms with Crippen molar-refractivity contribution in [1.82, 2.24) is 0 Å². The maximum Gasteiger partial charge on any atom is 0.239 e. The Labute approximate surface area is 191 Å². The van der Waals surface area contributed by atoms with Crippen molar-refractivity contribution in [2.24, 2.45) is 0 Å². The number of hydrogen-bond donors (Lipinski definition) is 7. The summed E-state index contributed by atoms with van der Waals surface area (Å²) in [5.41, 5.74) is -0.942. The van der Waals surface area contributed by atoms with Crippen LogP contribution in [0.1, 0.15) is 0 Å². The number of aromatic hydroxyl groups is 3. The molecule has 4 rings (SSSR count). The lowest BCUT2D eigenvalue weighted by Crippen LogP contribution is -2.60. The second kappa shape index (κ2) is 9.00. The topological polar surface area (TPSA) is 200 Å². The molecule has 0 spiro atoms. The number of methoxy groups -OCH3 is 1. The molecule has 0 amide bonds. The van der Waals surface area contributed by atoms with Gasteiger partial charge in [-0.15, -0.1) is 0 Å². The van der Waals surface area contributed by atoms with E-state index in [1.54, 1.807) is 0 Å². The zero-order valence-corrected chi connectivity index (χ0v) is 17.7. The van der Waals surface area contributed by atoms with Crippen LogP contribution in [0, 0.1) is 0 Å². The standard InChI is InChI=1S/C22H22O12/c1-31-9-5-12(26)15-13(6-9)32-20(8-2-3-10(24)11(25)4-8)21(17(15)28)34-22-19(30)18(29)16(27)14(7-23)33-22/h2-6,14,16,18-19,22-27,29-30H,7H2,1H3. The number of hydrogen-bond acceptors (Lipinski definition) is 12. The number of aliphatic hydroxyl groups excluding tert-OH is 4. The van der Waals surface area contributed by atoms with Crippen molar-refractivity contribution in [2.45, 2.75) is 30.7 Å². The molecule has 0 saturated carbocycles. The molecule has 12 nitrogen and oxygen atoms in total. The molecule has 7 N–H and O–H groups in total. The molecule has 3 aromatic rings. The first-order chi connectivity index (χ1) is 16.2. The van der Waals surface area contributed by atoms with Gasteiger partial charge >= 0.3 is 0 Å². The Kier molecular flexibility index (Phi) is 6.25. The third-order valence-corrected chi connectivity index (χ3v) is 5.46. The summed E-state index contributed by atoms with van der Waals surface area (Å²) in [5.74, 6) is -2.16. The fourth-order valence-electron chi connectivity index (χ4n) is 3.62. The molecule has 12 heteroatoms. The van der Waals surface area contributed by atoms with Crippen molar-refractivity contribution in [3.8, 4) is 40.1 Å². The highest BCUT2D eigenvalue weighted by Gasteiger charge is 2.45. The Morgan fingerprint density at radius 1 is 0.941 bits per heavy atom. The van der Waals surface area contributed by atoms with E-state index >= 15 is 0 Å². The van der Waals surface area contributed by atoms with Crippen LogP contribution in [-0.2, 0) is 4.74 Å². The first kappa shape index (κ1) is 23.6. The van der Waals surface area contributed by atoms with Gasteiger partial charge in [0.05, 0.1) is 13.7 Å². The van der Waals surface area contributed by atoms with Gasteiger partial charge in [0, 0.05) is 17.7 Å². The van der Waals surface area contributed by atoms with Gasteiger partial charge in [0.1, 0.15) is 46.9 Å². The molecule has 0 bridgehead atoms. The van der Waals surface area contributed by atoms with Gasteiger partial charge in [0.2, 0.25) is 17.5 Å². The molecule has 0 aliphatic carbocycles. The average Bonchev–Trinajstić information content (AvgIpc) is 2.82. The molecule has 2 aromatic carbocycles. The third-order valence-electron chi connectivity index (χ3n) is 5.46. The zero-order valence-electron chi connectivity index (χ0n) is 17.7. The summed E-state index contributed by atoms with van der Waals surface area (Å²) in [4.78, 5) is 13.4. The van der Waals surface area contributed by atoms with Crippen molar-refractivity contribution < 1.29 is 54.4 Å². The van der Waals surface area contributed by atoms with Crippen LogP contribution < -0.4 is 14.9 Å². The van der Waals surface area contributed by atoms with Crippen LogP contribution in [0.5, 0.6) is 28.7 Å². The quantitative estimate of drug-likeness (QED) is 0.238. The second-order valence-corrected chi connectivity index (χ2v) is 7.63. The minimum absolute atomic E-state index is 0.0659. The van der Waals surface area contributed by atoms with Gasteiger partial charge in [-0.05, 0) is 18.2 Å².